The zero-order chi connectivity index (χ0) is 13.9. The fraction of sp³-hybridized carbons (Fsp3) is 0.235. The first-order valence-corrected chi connectivity index (χ1v) is 7.51. The number of Topliss-reactive ketones (excluding diaryl/α,β-unsaturated/α-hetero) is 1. The molecule has 0 heterocycles. The van der Waals surface area contributed by atoms with Gasteiger partial charge in [-0.25, -0.2) is 0 Å². The van der Waals surface area contributed by atoms with Gasteiger partial charge < -0.3 is 4.74 Å². The Morgan fingerprint density at radius 1 is 1.10 bits per heavy atom. The molecule has 2 aromatic carbocycles. The third-order valence-electron chi connectivity index (χ3n) is 3.55. The minimum atomic E-state index is 0.296. The maximum atomic E-state index is 11.7. The second-order valence-corrected chi connectivity index (χ2v) is 5.95. The van der Waals surface area contributed by atoms with Crippen molar-refractivity contribution in [2.75, 3.05) is 0 Å². The number of rotatable bonds is 3. The average Bonchev–Trinajstić information content (AvgIpc) is 2.46. The van der Waals surface area contributed by atoms with Gasteiger partial charge in [0, 0.05) is 22.9 Å². The van der Waals surface area contributed by atoms with E-state index in [2.05, 4.69) is 22.0 Å². The second-order valence-electron chi connectivity index (χ2n) is 5.03. The smallest absolute Gasteiger partial charge is 0.137 e. The number of fused-ring (bicyclic) bond motifs is 1. The molecule has 0 radical (unpaired) electrons. The lowest BCUT2D eigenvalue weighted by atomic mass is 9.90. The van der Waals surface area contributed by atoms with E-state index in [1.165, 1.54) is 5.56 Å². The van der Waals surface area contributed by atoms with E-state index in [0.717, 1.165) is 27.8 Å². The molecular formula is C17H15BrO2. The van der Waals surface area contributed by atoms with Crippen molar-refractivity contribution in [2.45, 2.75) is 25.9 Å². The summed E-state index contributed by atoms with van der Waals surface area (Å²) in [5.74, 6) is 1.12. The number of hydrogen-bond donors (Lipinski definition) is 0. The Hall–Kier alpha value is -1.61. The molecule has 0 fully saturated rings. The maximum Gasteiger partial charge on any atom is 0.137 e. The Morgan fingerprint density at radius 3 is 2.70 bits per heavy atom. The zero-order valence-corrected chi connectivity index (χ0v) is 12.7. The molecule has 2 nitrogen and oxygen atoms in total. The second kappa shape index (κ2) is 5.80. The van der Waals surface area contributed by atoms with E-state index in [0.29, 0.717) is 25.2 Å². The molecule has 3 heteroatoms. The largest absolute Gasteiger partial charge is 0.489 e. The monoisotopic (exact) mass is 330 g/mol. The number of carbonyl (C=O) groups is 1. The Labute approximate surface area is 126 Å². The van der Waals surface area contributed by atoms with E-state index in [-0.39, 0.29) is 0 Å². The quantitative estimate of drug-likeness (QED) is 0.847. The van der Waals surface area contributed by atoms with Crippen LogP contribution in [0.3, 0.4) is 0 Å². The average molecular weight is 331 g/mol. The van der Waals surface area contributed by atoms with E-state index >= 15 is 0 Å². The van der Waals surface area contributed by atoms with Crippen molar-refractivity contribution in [1.29, 1.82) is 0 Å². The first kappa shape index (κ1) is 13.4. The molecule has 0 unspecified atom stereocenters. The lowest BCUT2D eigenvalue weighted by Crippen LogP contribution is -2.15. The zero-order valence-electron chi connectivity index (χ0n) is 11.1. The number of benzene rings is 2. The van der Waals surface area contributed by atoms with Gasteiger partial charge in [0.25, 0.3) is 0 Å². The summed E-state index contributed by atoms with van der Waals surface area (Å²) in [7, 11) is 0. The first-order chi connectivity index (χ1) is 9.72. The summed E-state index contributed by atoms with van der Waals surface area (Å²) in [5, 5.41) is 0. The molecule has 0 saturated carbocycles. The van der Waals surface area contributed by atoms with Gasteiger partial charge in [0.05, 0.1) is 0 Å². The van der Waals surface area contributed by atoms with Crippen LogP contribution >= 0.6 is 15.9 Å². The number of ketones is 1. The summed E-state index contributed by atoms with van der Waals surface area (Å²) in [6, 6.07) is 14.1. The van der Waals surface area contributed by atoms with Gasteiger partial charge in [0.2, 0.25) is 0 Å². The summed E-state index contributed by atoms with van der Waals surface area (Å²) in [6.07, 6.45) is 1.95. The van der Waals surface area contributed by atoms with Crippen LogP contribution in [0.15, 0.2) is 46.9 Å². The fourth-order valence-corrected chi connectivity index (χ4v) is 3.00. The Kier molecular flexibility index (Phi) is 3.88. The molecule has 1 aliphatic carbocycles. The van der Waals surface area contributed by atoms with Crippen LogP contribution in [0.4, 0.5) is 0 Å². The van der Waals surface area contributed by atoms with Crippen molar-refractivity contribution in [3.8, 4) is 5.75 Å². The summed E-state index contributed by atoms with van der Waals surface area (Å²) in [4.78, 5) is 11.7. The highest BCUT2D eigenvalue weighted by molar-refractivity contribution is 9.10. The summed E-state index contributed by atoms with van der Waals surface area (Å²) in [5.41, 5.74) is 3.41. The number of carbonyl (C=O) groups excluding carboxylic acids is 1. The van der Waals surface area contributed by atoms with Crippen molar-refractivity contribution in [2.24, 2.45) is 0 Å². The van der Waals surface area contributed by atoms with Gasteiger partial charge in [-0.3, -0.25) is 4.79 Å². The molecular weight excluding hydrogens is 316 g/mol. The van der Waals surface area contributed by atoms with Gasteiger partial charge in [0.1, 0.15) is 18.1 Å². The predicted molar refractivity (Wildman–Crippen MR) is 81.9 cm³/mol. The van der Waals surface area contributed by atoms with Crippen molar-refractivity contribution in [3.63, 3.8) is 0 Å². The normalized spacial score (nSPS) is 13.9. The molecule has 1 aliphatic rings. The number of aryl methyl sites for hydroxylation is 1. The minimum absolute atomic E-state index is 0.296. The molecule has 0 amide bonds. The molecule has 0 spiro atoms. The van der Waals surface area contributed by atoms with Crippen LogP contribution < -0.4 is 4.74 Å². The lowest BCUT2D eigenvalue weighted by Gasteiger charge is -2.19. The molecule has 0 saturated heterocycles. The third kappa shape index (κ3) is 2.93. The number of hydrogen-bond acceptors (Lipinski definition) is 2. The molecule has 0 bridgehead atoms. The predicted octanol–water partition coefficient (Wildman–Crippen LogP) is 4.09. The Balaban J connectivity index is 1.85. The molecule has 2 aromatic rings. The van der Waals surface area contributed by atoms with Crippen LogP contribution in [0.1, 0.15) is 23.1 Å². The maximum absolute atomic E-state index is 11.7. The molecule has 0 aromatic heterocycles. The highest BCUT2D eigenvalue weighted by Gasteiger charge is 2.20. The van der Waals surface area contributed by atoms with E-state index in [9.17, 15) is 4.79 Å². The summed E-state index contributed by atoms with van der Waals surface area (Å²) >= 11 is 3.52. The highest BCUT2D eigenvalue weighted by Crippen LogP contribution is 2.32. The van der Waals surface area contributed by atoms with E-state index in [1.54, 1.807) is 0 Å². The molecule has 102 valence electrons. The minimum Gasteiger partial charge on any atom is -0.489 e. The third-order valence-corrected chi connectivity index (χ3v) is 4.01. The van der Waals surface area contributed by atoms with Crippen LogP contribution in [-0.4, -0.2) is 5.78 Å². The summed E-state index contributed by atoms with van der Waals surface area (Å²) < 4.78 is 6.95. The lowest BCUT2D eigenvalue weighted by molar-refractivity contribution is -0.118. The van der Waals surface area contributed by atoms with Gasteiger partial charge in [0.15, 0.2) is 0 Å². The van der Waals surface area contributed by atoms with Crippen LogP contribution in [0.25, 0.3) is 0 Å². The summed E-state index contributed by atoms with van der Waals surface area (Å²) in [6.45, 7) is 0.526. The van der Waals surface area contributed by atoms with Crippen molar-refractivity contribution in [1.82, 2.24) is 0 Å². The molecule has 0 aliphatic heterocycles. The van der Waals surface area contributed by atoms with Crippen molar-refractivity contribution >= 4 is 21.7 Å². The van der Waals surface area contributed by atoms with Gasteiger partial charge in [-0.2, -0.15) is 0 Å². The Bertz CT molecular complexity index is 635. The fourth-order valence-electron chi connectivity index (χ4n) is 2.51. The van der Waals surface area contributed by atoms with Crippen LogP contribution in [0, 0.1) is 0 Å². The van der Waals surface area contributed by atoms with Gasteiger partial charge in [-0.05, 0) is 29.7 Å². The number of ether oxygens (including phenoxy) is 1. The van der Waals surface area contributed by atoms with E-state index in [4.69, 9.17) is 4.74 Å². The van der Waals surface area contributed by atoms with E-state index in [1.807, 2.05) is 36.4 Å². The molecule has 0 atom stereocenters. The van der Waals surface area contributed by atoms with Crippen molar-refractivity contribution < 1.29 is 9.53 Å². The van der Waals surface area contributed by atoms with Gasteiger partial charge in [-0.1, -0.05) is 46.3 Å². The molecule has 0 N–H and O–H groups in total. The van der Waals surface area contributed by atoms with Gasteiger partial charge >= 0.3 is 0 Å². The van der Waals surface area contributed by atoms with E-state index < -0.39 is 0 Å². The van der Waals surface area contributed by atoms with Crippen LogP contribution in [-0.2, 0) is 24.2 Å². The highest BCUT2D eigenvalue weighted by atomic mass is 79.9. The first-order valence-electron chi connectivity index (χ1n) is 6.72. The molecule has 3 rings (SSSR count). The van der Waals surface area contributed by atoms with Crippen molar-refractivity contribution in [3.05, 3.63) is 63.6 Å². The SMILES string of the molecule is O=C1CCc2cc(Br)cc(OCc3ccccc3)c2C1. The Morgan fingerprint density at radius 2 is 1.90 bits per heavy atom. The van der Waals surface area contributed by atoms with Gasteiger partial charge in [-0.15, -0.1) is 0 Å². The standard InChI is InChI=1S/C17H15BrO2/c18-14-8-13-6-7-15(19)10-16(13)17(9-14)20-11-12-4-2-1-3-5-12/h1-5,8-9H,6-7,10-11H2. The number of halogens is 1. The molecule has 20 heavy (non-hydrogen) atoms. The topological polar surface area (TPSA) is 26.3 Å². The van der Waals surface area contributed by atoms with Crippen LogP contribution in [0.5, 0.6) is 5.75 Å². The van der Waals surface area contributed by atoms with Crippen LogP contribution in [0.2, 0.25) is 0 Å².